The van der Waals surface area contributed by atoms with E-state index in [1.54, 1.807) is 6.92 Å². The van der Waals surface area contributed by atoms with Crippen LogP contribution >= 0.6 is 0 Å². The van der Waals surface area contributed by atoms with Gasteiger partial charge in [0.2, 0.25) is 11.8 Å². The molecular weight excluding hydrogens is 360 g/mol. The molecule has 0 unspecified atom stereocenters. The average molecular weight is 388 g/mol. The zero-order chi connectivity index (χ0) is 20.4. The molecule has 1 aromatic rings. The molecule has 1 aliphatic heterocycles. The number of allylic oxidation sites excluding steroid dienone is 2. The van der Waals surface area contributed by atoms with Crippen LogP contribution in [0.4, 0.5) is 0 Å². The Morgan fingerprint density at radius 3 is 2.75 bits per heavy atom. The van der Waals surface area contributed by atoms with Crippen molar-refractivity contribution >= 4 is 17.8 Å². The summed E-state index contributed by atoms with van der Waals surface area (Å²) in [6, 6.07) is 8.43. The Morgan fingerprint density at radius 1 is 1.29 bits per heavy atom. The maximum Gasteiger partial charge on any atom is 0.306 e. The fourth-order valence-corrected chi connectivity index (χ4v) is 2.91. The Morgan fingerprint density at radius 2 is 2.04 bits per heavy atom. The minimum absolute atomic E-state index is 0.0157. The van der Waals surface area contributed by atoms with Crippen molar-refractivity contribution in [2.45, 2.75) is 44.7 Å². The molecule has 7 nitrogen and oxygen atoms in total. The number of hydrogen-bond acceptors (Lipinski definition) is 5. The van der Waals surface area contributed by atoms with Crippen molar-refractivity contribution in [3.8, 4) is 0 Å². The lowest BCUT2D eigenvalue weighted by Crippen LogP contribution is -2.41. The number of aliphatic hydroxyl groups excluding tert-OH is 1. The van der Waals surface area contributed by atoms with E-state index >= 15 is 0 Å². The zero-order valence-electron chi connectivity index (χ0n) is 16.1. The van der Waals surface area contributed by atoms with Gasteiger partial charge in [-0.05, 0) is 25.3 Å². The predicted molar refractivity (Wildman–Crippen MR) is 104 cm³/mol. The molecule has 0 spiro atoms. The van der Waals surface area contributed by atoms with Gasteiger partial charge in [0.25, 0.3) is 0 Å². The van der Waals surface area contributed by atoms with E-state index < -0.39 is 12.0 Å². The summed E-state index contributed by atoms with van der Waals surface area (Å²) in [5, 5.41) is 14.7. The molecular formula is C21H28N2O5. The normalized spacial score (nSPS) is 22.2. The van der Waals surface area contributed by atoms with Gasteiger partial charge in [0.05, 0.1) is 18.6 Å². The van der Waals surface area contributed by atoms with Crippen molar-refractivity contribution in [2.24, 2.45) is 5.92 Å². The summed E-state index contributed by atoms with van der Waals surface area (Å²) in [6.45, 7) is 1.57. The molecule has 0 aliphatic carbocycles. The number of esters is 1. The monoisotopic (exact) mass is 388 g/mol. The van der Waals surface area contributed by atoms with Gasteiger partial charge in [-0.15, -0.1) is 0 Å². The standard InChI is InChI=1S/C21H28N2O5/c1-15(13-24)22-19(25)12-17-10-6-3-7-11-20(26)28-14-18(23-21(17)27)16-8-4-2-5-9-16/h2-6,8-9,15,17-18,24H,7,10-14H2,1H3,(H,22,25)(H,23,27)/t15-,17-,18+/m1/s1. The zero-order valence-corrected chi connectivity index (χ0v) is 16.1. The maximum absolute atomic E-state index is 12.9. The Hall–Kier alpha value is -2.67. The Balaban J connectivity index is 2.15. The van der Waals surface area contributed by atoms with Crippen LogP contribution in [0.2, 0.25) is 0 Å². The Kier molecular flexibility index (Phi) is 8.68. The van der Waals surface area contributed by atoms with Crippen LogP contribution in [0.1, 0.15) is 44.2 Å². The smallest absolute Gasteiger partial charge is 0.306 e. The second-order valence-electron chi connectivity index (χ2n) is 6.95. The van der Waals surface area contributed by atoms with Crippen LogP contribution in [0, 0.1) is 5.92 Å². The number of amides is 2. The molecule has 0 fully saturated rings. The molecule has 0 saturated carbocycles. The van der Waals surface area contributed by atoms with Crippen LogP contribution in [0.5, 0.6) is 0 Å². The highest BCUT2D eigenvalue weighted by Gasteiger charge is 2.25. The first-order valence-electron chi connectivity index (χ1n) is 9.55. The van der Waals surface area contributed by atoms with Crippen molar-refractivity contribution in [3.05, 3.63) is 48.0 Å². The van der Waals surface area contributed by atoms with E-state index in [9.17, 15) is 14.4 Å². The quantitative estimate of drug-likeness (QED) is 0.525. The highest BCUT2D eigenvalue weighted by molar-refractivity contribution is 5.86. The Labute approximate surface area is 165 Å². The van der Waals surface area contributed by atoms with Crippen molar-refractivity contribution in [1.82, 2.24) is 10.6 Å². The number of carbonyl (C=O) groups excluding carboxylic acids is 3. The first-order valence-corrected chi connectivity index (χ1v) is 9.55. The van der Waals surface area contributed by atoms with Crippen LogP contribution in [-0.4, -0.2) is 42.1 Å². The summed E-state index contributed by atoms with van der Waals surface area (Å²) in [4.78, 5) is 36.9. The third kappa shape index (κ3) is 7.15. The maximum atomic E-state index is 12.9. The molecule has 0 radical (unpaired) electrons. The summed E-state index contributed by atoms with van der Waals surface area (Å²) >= 11 is 0. The van der Waals surface area contributed by atoms with Gasteiger partial charge >= 0.3 is 5.97 Å². The molecule has 28 heavy (non-hydrogen) atoms. The first-order chi connectivity index (χ1) is 13.5. The fourth-order valence-electron chi connectivity index (χ4n) is 2.91. The van der Waals surface area contributed by atoms with Crippen LogP contribution in [0.25, 0.3) is 0 Å². The van der Waals surface area contributed by atoms with Crippen LogP contribution in [0.15, 0.2) is 42.5 Å². The number of cyclic esters (lactones) is 1. The van der Waals surface area contributed by atoms with Gasteiger partial charge in [-0.3, -0.25) is 14.4 Å². The summed E-state index contributed by atoms with van der Waals surface area (Å²) in [7, 11) is 0. The van der Waals surface area contributed by atoms with Crippen molar-refractivity contribution < 1.29 is 24.2 Å². The fraction of sp³-hybridized carbons (Fsp3) is 0.476. The minimum Gasteiger partial charge on any atom is -0.463 e. The third-order valence-corrected chi connectivity index (χ3v) is 4.52. The molecule has 3 N–H and O–H groups in total. The summed E-state index contributed by atoms with van der Waals surface area (Å²) < 4.78 is 5.32. The summed E-state index contributed by atoms with van der Waals surface area (Å²) in [5.41, 5.74) is 0.827. The molecule has 152 valence electrons. The van der Waals surface area contributed by atoms with E-state index in [0.717, 1.165) is 5.56 Å². The lowest BCUT2D eigenvalue weighted by Gasteiger charge is -2.23. The van der Waals surface area contributed by atoms with E-state index in [1.165, 1.54) is 0 Å². The van der Waals surface area contributed by atoms with E-state index in [4.69, 9.17) is 9.84 Å². The molecule has 3 atom stereocenters. The molecule has 0 aromatic heterocycles. The molecule has 2 amide bonds. The molecule has 1 aliphatic rings. The van der Waals surface area contributed by atoms with Gasteiger partial charge in [-0.1, -0.05) is 42.5 Å². The van der Waals surface area contributed by atoms with Gasteiger partial charge in [0, 0.05) is 18.9 Å². The van der Waals surface area contributed by atoms with Crippen molar-refractivity contribution in [2.75, 3.05) is 13.2 Å². The number of carbonyl (C=O) groups is 3. The van der Waals surface area contributed by atoms with Crippen LogP contribution in [-0.2, 0) is 19.1 Å². The summed E-state index contributed by atoms with van der Waals surface area (Å²) in [5.74, 6) is -1.43. The van der Waals surface area contributed by atoms with Crippen LogP contribution in [0.3, 0.4) is 0 Å². The van der Waals surface area contributed by atoms with Gasteiger partial charge in [0.1, 0.15) is 6.61 Å². The lowest BCUT2D eigenvalue weighted by atomic mass is 9.97. The highest BCUT2D eigenvalue weighted by Crippen LogP contribution is 2.18. The van der Waals surface area contributed by atoms with E-state index in [-0.39, 0.29) is 49.9 Å². The largest absolute Gasteiger partial charge is 0.463 e. The van der Waals surface area contributed by atoms with E-state index in [0.29, 0.717) is 12.8 Å². The number of ether oxygens (including phenoxy) is 1. The molecule has 7 heteroatoms. The number of hydrogen-bond donors (Lipinski definition) is 3. The topological polar surface area (TPSA) is 105 Å². The predicted octanol–water partition coefficient (Wildman–Crippen LogP) is 1.63. The van der Waals surface area contributed by atoms with Crippen molar-refractivity contribution in [1.29, 1.82) is 0 Å². The lowest BCUT2D eigenvalue weighted by molar-refractivity contribution is -0.145. The molecule has 2 rings (SSSR count). The van der Waals surface area contributed by atoms with Gasteiger partial charge in [-0.25, -0.2) is 0 Å². The molecule has 1 aromatic carbocycles. The van der Waals surface area contributed by atoms with Gasteiger partial charge in [0.15, 0.2) is 0 Å². The van der Waals surface area contributed by atoms with Crippen molar-refractivity contribution in [3.63, 3.8) is 0 Å². The number of rotatable bonds is 5. The third-order valence-electron chi connectivity index (χ3n) is 4.52. The SMILES string of the molecule is C[C@H](CO)NC(=O)C[C@H]1CC=CCCC(=O)OC[C@@H](c2ccccc2)NC1=O. The highest BCUT2D eigenvalue weighted by atomic mass is 16.5. The average Bonchev–Trinajstić information content (AvgIpc) is 2.69. The van der Waals surface area contributed by atoms with Crippen LogP contribution < -0.4 is 10.6 Å². The molecule has 0 saturated heterocycles. The summed E-state index contributed by atoms with van der Waals surface area (Å²) in [6.07, 6.45) is 4.85. The number of benzene rings is 1. The number of aliphatic hydroxyl groups is 1. The molecule has 0 bridgehead atoms. The van der Waals surface area contributed by atoms with Gasteiger partial charge in [-0.2, -0.15) is 0 Å². The minimum atomic E-state index is -0.552. The number of nitrogens with one attached hydrogen (secondary N) is 2. The molecule has 1 heterocycles. The van der Waals surface area contributed by atoms with E-state index in [1.807, 2.05) is 42.5 Å². The second-order valence-corrected chi connectivity index (χ2v) is 6.95. The van der Waals surface area contributed by atoms with Gasteiger partial charge < -0.3 is 20.5 Å². The second kappa shape index (κ2) is 11.2. The van der Waals surface area contributed by atoms with E-state index in [2.05, 4.69) is 10.6 Å². The first kappa shape index (κ1) is 21.6. The Bertz CT molecular complexity index is 689.